The summed E-state index contributed by atoms with van der Waals surface area (Å²) in [6.07, 6.45) is 1.98. The monoisotopic (exact) mass is 337 g/mol. The van der Waals surface area contributed by atoms with E-state index in [4.69, 9.17) is 5.73 Å². The molecule has 0 aliphatic heterocycles. The SMILES string of the molecule is CSc1nc(=NCc2ccccc2)nc(N)n1Cc1ccccc1. The molecule has 1 aromatic heterocycles. The maximum absolute atomic E-state index is 6.15. The molecule has 0 aliphatic carbocycles. The molecule has 0 bridgehead atoms. The van der Waals surface area contributed by atoms with Gasteiger partial charge in [-0.05, 0) is 17.4 Å². The van der Waals surface area contributed by atoms with Crippen LogP contribution in [0.3, 0.4) is 0 Å². The molecule has 0 aliphatic rings. The van der Waals surface area contributed by atoms with Crippen molar-refractivity contribution in [2.24, 2.45) is 4.99 Å². The molecule has 0 amide bonds. The van der Waals surface area contributed by atoms with Gasteiger partial charge in [0, 0.05) is 0 Å². The van der Waals surface area contributed by atoms with Crippen molar-refractivity contribution in [3.05, 3.63) is 77.4 Å². The van der Waals surface area contributed by atoms with E-state index in [-0.39, 0.29) is 0 Å². The number of aromatic nitrogens is 3. The van der Waals surface area contributed by atoms with Gasteiger partial charge in [-0.1, -0.05) is 72.4 Å². The standard InChI is InChI=1S/C18H19N5S/c1-24-18-22-17(20-12-14-8-4-2-5-9-14)21-16(19)23(18)13-15-10-6-3-7-11-15/h2-11H,12-13H2,1H3,(H2,19,20,21). The third-order valence-electron chi connectivity index (χ3n) is 3.53. The van der Waals surface area contributed by atoms with Crippen LogP contribution in [0.1, 0.15) is 11.1 Å². The molecule has 3 rings (SSSR count). The molecule has 2 aromatic carbocycles. The number of anilines is 1. The largest absolute Gasteiger partial charge is 0.369 e. The van der Waals surface area contributed by atoms with Gasteiger partial charge in [-0.25, -0.2) is 4.99 Å². The fourth-order valence-electron chi connectivity index (χ4n) is 2.32. The van der Waals surface area contributed by atoms with Gasteiger partial charge in [-0.15, -0.1) is 0 Å². The molecule has 0 spiro atoms. The first-order valence-electron chi connectivity index (χ1n) is 7.63. The number of nitrogen functional groups attached to an aromatic ring is 1. The normalized spacial score (nSPS) is 11.6. The lowest BCUT2D eigenvalue weighted by Crippen LogP contribution is -2.23. The predicted molar refractivity (Wildman–Crippen MR) is 97.5 cm³/mol. The molecule has 24 heavy (non-hydrogen) atoms. The van der Waals surface area contributed by atoms with Gasteiger partial charge in [0.2, 0.25) is 5.95 Å². The van der Waals surface area contributed by atoms with E-state index in [1.165, 1.54) is 11.8 Å². The van der Waals surface area contributed by atoms with Crippen molar-refractivity contribution in [1.82, 2.24) is 14.5 Å². The lowest BCUT2D eigenvalue weighted by atomic mass is 10.2. The van der Waals surface area contributed by atoms with Crippen molar-refractivity contribution in [2.45, 2.75) is 18.2 Å². The number of thioether (sulfide) groups is 1. The lowest BCUT2D eigenvalue weighted by Gasteiger charge is -2.13. The first kappa shape index (κ1) is 16.3. The van der Waals surface area contributed by atoms with E-state index in [2.05, 4.69) is 27.1 Å². The van der Waals surface area contributed by atoms with Gasteiger partial charge < -0.3 is 5.73 Å². The third-order valence-corrected chi connectivity index (χ3v) is 4.21. The number of hydrogen-bond donors (Lipinski definition) is 1. The van der Waals surface area contributed by atoms with Crippen molar-refractivity contribution < 1.29 is 0 Å². The molecule has 5 nitrogen and oxygen atoms in total. The van der Waals surface area contributed by atoms with Crippen LogP contribution in [0.4, 0.5) is 5.95 Å². The summed E-state index contributed by atoms with van der Waals surface area (Å²) in [5.41, 5.74) is 8.85. The highest BCUT2D eigenvalue weighted by atomic mass is 32.2. The van der Waals surface area contributed by atoms with Gasteiger partial charge >= 0.3 is 0 Å². The number of benzene rings is 2. The second-order valence-electron chi connectivity index (χ2n) is 5.24. The summed E-state index contributed by atoms with van der Waals surface area (Å²) in [5, 5.41) is 0.804. The van der Waals surface area contributed by atoms with Gasteiger partial charge in [0.15, 0.2) is 5.16 Å². The summed E-state index contributed by atoms with van der Waals surface area (Å²) in [7, 11) is 0. The Morgan fingerprint density at radius 2 is 1.58 bits per heavy atom. The zero-order valence-corrected chi connectivity index (χ0v) is 14.3. The Bertz CT molecular complexity index is 860. The van der Waals surface area contributed by atoms with Crippen molar-refractivity contribution in [3.8, 4) is 0 Å². The fourth-order valence-corrected chi connectivity index (χ4v) is 2.87. The minimum atomic E-state index is 0.421. The van der Waals surface area contributed by atoms with Crippen molar-refractivity contribution in [1.29, 1.82) is 0 Å². The smallest absolute Gasteiger partial charge is 0.250 e. The van der Waals surface area contributed by atoms with E-state index in [1.54, 1.807) is 0 Å². The van der Waals surface area contributed by atoms with E-state index in [1.807, 2.05) is 59.4 Å². The first-order valence-corrected chi connectivity index (χ1v) is 8.85. The highest BCUT2D eigenvalue weighted by Crippen LogP contribution is 2.15. The molecule has 0 fully saturated rings. The molecular weight excluding hydrogens is 318 g/mol. The van der Waals surface area contributed by atoms with Crippen LogP contribution in [0, 0.1) is 0 Å². The van der Waals surface area contributed by atoms with E-state index in [9.17, 15) is 0 Å². The molecule has 0 radical (unpaired) electrons. The average Bonchev–Trinajstić information content (AvgIpc) is 2.63. The van der Waals surface area contributed by atoms with Crippen LogP contribution in [-0.4, -0.2) is 20.8 Å². The summed E-state index contributed by atoms with van der Waals surface area (Å²) < 4.78 is 1.90. The maximum atomic E-state index is 6.15. The number of nitrogens with zero attached hydrogens (tertiary/aromatic N) is 4. The summed E-state index contributed by atoms with van der Waals surface area (Å²) in [6.45, 7) is 1.18. The average molecular weight is 337 g/mol. The Morgan fingerprint density at radius 1 is 0.958 bits per heavy atom. The molecule has 0 saturated heterocycles. The number of nitrogens with two attached hydrogens (primary N) is 1. The molecule has 1 heterocycles. The summed E-state index contributed by atoms with van der Waals surface area (Å²) in [5.74, 6) is 0.421. The molecule has 122 valence electrons. The van der Waals surface area contributed by atoms with Crippen LogP contribution in [0.15, 0.2) is 70.8 Å². The summed E-state index contributed by atoms with van der Waals surface area (Å²) in [6, 6.07) is 20.2. The zero-order valence-electron chi connectivity index (χ0n) is 13.5. The molecule has 2 N–H and O–H groups in total. The maximum Gasteiger partial charge on any atom is 0.250 e. The van der Waals surface area contributed by atoms with Crippen LogP contribution < -0.4 is 11.4 Å². The predicted octanol–water partition coefficient (Wildman–Crippen LogP) is 2.73. The van der Waals surface area contributed by atoms with Crippen molar-refractivity contribution >= 4 is 17.7 Å². The molecule has 0 atom stereocenters. The van der Waals surface area contributed by atoms with E-state index in [0.29, 0.717) is 24.7 Å². The summed E-state index contributed by atoms with van der Waals surface area (Å²) >= 11 is 1.54. The summed E-state index contributed by atoms with van der Waals surface area (Å²) in [4.78, 5) is 13.3. The molecule has 0 saturated carbocycles. The van der Waals surface area contributed by atoms with E-state index >= 15 is 0 Å². The zero-order chi connectivity index (χ0) is 16.8. The van der Waals surface area contributed by atoms with Crippen LogP contribution in [-0.2, 0) is 13.1 Å². The van der Waals surface area contributed by atoms with Gasteiger partial charge in [0.05, 0.1) is 13.1 Å². The van der Waals surface area contributed by atoms with Gasteiger partial charge in [0.1, 0.15) is 0 Å². The minimum Gasteiger partial charge on any atom is -0.369 e. The van der Waals surface area contributed by atoms with Crippen molar-refractivity contribution in [3.63, 3.8) is 0 Å². The van der Waals surface area contributed by atoms with Crippen LogP contribution in [0.25, 0.3) is 0 Å². The first-order chi connectivity index (χ1) is 11.8. The van der Waals surface area contributed by atoms with Crippen LogP contribution in [0.2, 0.25) is 0 Å². The molecular formula is C18H19N5S. The number of hydrogen-bond acceptors (Lipinski definition) is 5. The molecule has 0 unspecified atom stereocenters. The Kier molecular flexibility index (Phi) is 5.28. The van der Waals surface area contributed by atoms with Crippen LogP contribution in [0.5, 0.6) is 0 Å². The van der Waals surface area contributed by atoms with Crippen molar-refractivity contribution in [2.75, 3.05) is 12.0 Å². The molecule has 6 heteroatoms. The second kappa shape index (κ2) is 7.79. The van der Waals surface area contributed by atoms with E-state index in [0.717, 1.165) is 16.3 Å². The highest BCUT2D eigenvalue weighted by molar-refractivity contribution is 7.98. The fraction of sp³-hybridized carbons (Fsp3) is 0.167. The molecule has 3 aromatic rings. The Hall–Kier alpha value is -2.60. The van der Waals surface area contributed by atoms with Gasteiger partial charge in [-0.2, -0.15) is 9.97 Å². The Morgan fingerprint density at radius 3 is 2.21 bits per heavy atom. The topological polar surface area (TPSA) is 69.1 Å². The van der Waals surface area contributed by atoms with E-state index < -0.39 is 0 Å². The highest BCUT2D eigenvalue weighted by Gasteiger charge is 2.07. The third kappa shape index (κ3) is 4.02. The minimum absolute atomic E-state index is 0.421. The Labute approximate surface area is 145 Å². The lowest BCUT2D eigenvalue weighted by molar-refractivity contribution is 0.638. The Balaban J connectivity index is 1.90. The number of rotatable bonds is 5. The van der Waals surface area contributed by atoms with Gasteiger partial charge in [0.25, 0.3) is 5.62 Å². The van der Waals surface area contributed by atoms with Gasteiger partial charge in [-0.3, -0.25) is 4.57 Å². The second-order valence-corrected chi connectivity index (χ2v) is 6.02. The van der Waals surface area contributed by atoms with Crippen LogP contribution >= 0.6 is 11.8 Å². The quantitative estimate of drug-likeness (QED) is 0.727.